The second-order valence-electron chi connectivity index (χ2n) is 3.16. The van der Waals surface area contributed by atoms with Gasteiger partial charge in [-0.1, -0.05) is 28.1 Å². The molecule has 1 aromatic rings. The fraction of sp³-hybridized carbons (Fsp3) is 0.143. The van der Waals surface area contributed by atoms with Crippen LogP contribution in [0.15, 0.2) is 28.7 Å². The maximum atomic E-state index is 11.4. The monoisotopic (exact) mass is 346 g/mol. The molecule has 1 unspecified atom stereocenters. The van der Waals surface area contributed by atoms with E-state index < -0.39 is 20.6 Å². The molecule has 0 spiro atoms. The van der Waals surface area contributed by atoms with Crippen molar-refractivity contribution in [2.75, 3.05) is 0 Å². The summed E-state index contributed by atoms with van der Waals surface area (Å²) in [6, 6.07) is 5.37. The molecule has 0 aliphatic carbocycles. The van der Waals surface area contributed by atoms with E-state index in [1.807, 2.05) is 0 Å². The zero-order valence-corrected chi connectivity index (χ0v) is 11.5. The Morgan fingerprint density at radius 1 is 1.12 bits per heavy atom. The molecule has 7 nitrogen and oxygen atoms in total. The third kappa shape index (κ3) is 3.71. The van der Waals surface area contributed by atoms with Crippen molar-refractivity contribution in [3.63, 3.8) is 0 Å². The highest BCUT2D eigenvalue weighted by Crippen LogP contribution is 2.71. The second-order valence-corrected chi connectivity index (χ2v) is 7.99. The standard InChI is InChI=1S/C7H9BrO7P2/c8-6-3-1-5(2-4-6)7(16(10,11)12)17(13,14)15-9/h1-4,7,9H,(H,13,14)(H2,10,11,12)/t7-/m0/s1. The van der Waals surface area contributed by atoms with Gasteiger partial charge in [0.2, 0.25) is 0 Å². The summed E-state index contributed by atoms with van der Waals surface area (Å²) in [6.07, 6.45) is 0. The minimum atomic E-state index is -4.96. The van der Waals surface area contributed by atoms with Gasteiger partial charge in [0.1, 0.15) is 0 Å². The first-order chi connectivity index (χ1) is 7.68. The molecule has 2 atom stereocenters. The van der Waals surface area contributed by atoms with Gasteiger partial charge in [0.05, 0.1) is 0 Å². The van der Waals surface area contributed by atoms with Gasteiger partial charge < -0.3 is 14.7 Å². The molecule has 0 saturated heterocycles. The number of rotatable bonds is 4. The largest absolute Gasteiger partial charge is 0.374 e. The lowest BCUT2D eigenvalue weighted by Gasteiger charge is -2.21. The van der Waals surface area contributed by atoms with Crippen molar-refractivity contribution >= 4 is 31.1 Å². The number of hydrogen-bond acceptors (Lipinski definition) is 4. The first kappa shape index (κ1) is 15.0. The van der Waals surface area contributed by atoms with Crippen LogP contribution in [0.5, 0.6) is 0 Å². The van der Waals surface area contributed by atoms with E-state index in [1.165, 1.54) is 24.3 Å². The van der Waals surface area contributed by atoms with Crippen LogP contribution in [0.4, 0.5) is 0 Å². The summed E-state index contributed by atoms with van der Waals surface area (Å²) >= 11 is 3.11. The Labute approximate surface area is 105 Å². The number of halogens is 1. The van der Waals surface area contributed by atoms with Crippen molar-refractivity contribution < 1.29 is 33.7 Å². The van der Waals surface area contributed by atoms with Crippen LogP contribution in [0.2, 0.25) is 0 Å². The Hall–Kier alpha value is -0.0400. The molecule has 4 N–H and O–H groups in total. The Balaban J connectivity index is 3.31. The van der Waals surface area contributed by atoms with E-state index in [1.54, 1.807) is 0 Å². The van der Waals surface area contributed by atoms with Crippen molar-refractivity contribution in [2.45, 2.75) is 5.40 Å². The highest BCUT2D eigenvalue weighted by atomic mass is 79.9. The molecular weight excluding hydrogens is 338 g/mol. The van der Waals surface area contributed by atoms with E-state index >= 15 is 0 Å². The normalized spacial score (nSPS) is 17.5. The molecule has 0 aromatic heterocycles. The minimum Gasteiger partial charge on any atom is -0.324 e. The maximum absolute atomic E-state index is 11.4. The van der Waals surface area contributed by atoms with Crippen LogP contribution >= 0.6 is 31.1 Å². The Bertz CT molecular complexity index is 482. The molecule has 1 aromatic carbocycles. The number of benzene rings is 1. The van der Waals surface area contributed by atoms with Crippen molar-refractivity contribution in [1.29, 1.82) is 0 Å². The second kappa shape index (κ2) is 5.30. The lowest BCUT2D eigenvalue weighted by Crippen LogP contribution is -2.03. The third-order valence-electron chi connectivity index (χ3n) is 1.91. The summed E-state index contributed by atoms with van der Waals surface area (Å²) < 4.78 is 26.5. The Kier molecular flexibility index (Phi) is 4.68. The Morgan fingerprint density at radius 3 is 1.94 bits per heavy atom. The summed E-state index contributed by atoms with van der Waals surface area (Å²) in [5.74, 6) is 0. The van der Waals surface area contributed by atoms with E-state index in [2.05, 4.69) is 20.6 Å². The highest BCUT2D eigenvalue weighted by molar-refractivity contribution is 9.10. The predicted octanol–water partition coefficient (Wildman–Crippen LogP) is 2.30. The van der Waals surface area contributed by atoms with E-state index in [-0.39, 0.29) is 5.56 Å². The van der Waals surface area contributed by atoms with Gasteiger partial charge in [0, 0.05) is 4.47 Å². The molecule has 0 bridgehead atoms. The van der Waals surface area contributed by atoms with Gasteiger partial charge in [-0.15, -0.1) is 0 Å². The van der Waals surface area contributed by atoms with Crippen LogP contribution in [0.3, 0.4) is 0 Å². The topological polar surface area (TPSA) is 124 Å². The molecule has 0 amide bonds. The molecule has 0 radical (unpaired) electrons. The zero-order valence-electron chi connectivity index (χ0n) is 8.17. The fourth-order valence-electron chi connectivity index (χ4n) is 1.25. The van der Waals surface area contributed by atoms with Crippen molar-refractivity contribution in [3.05, 3.63) is 34.3 Å². The molecule has 0 fully saturated rings. The Morgan fingerprint density at radius 2 is 1.59 bits per heavy atom. The zero-order chi connectivity index (χ0) is 13.3. The van der Waals surface area contributed by atoms with Crippen molar-refractivity contribution in [1.82, 2.24) is 0 Å². The first-order valence-corrected chi connectivity index (χ1v) is 8.27. The fourth-order valence-corrected chi connectivity index (χ4v) is 4.36. The van der Waals surface area contributed by atoms with Gasteiger partial charge in [-0.05, 0) is 17.7 Å². The predicted molar refractivity (Wildman–Crippen MR) is 62.5 cm³/mol. The SMILES string of the molecule is O=P(O)(O)[C@H](c1ccc(Br)cc1)P(=O)(O)OO. The summed E-state index contributed by atoms with van der Waals surface area (Å²) in [5, 5.41) is 6.16. The summed E-state index contributed by atoms with van der Waals surface area (Å²) in [4.78, 5) is 27.3. The smallest absolute Gasteiger partial charge is 0.324 e. The van der Waals surface area contributed by atoms with E-state index in [0.29, 0.717) is 4.47 Å². The van der Waals surface area contributed by atoms with Gasteiger partial charge in [-0.2, -0.15) is 4.67 Å². The average Bonchev–Trinajstić information content (AvgIpc) is 2.19. The van der Waals surface area contributed by atoms with Crippen LogP contribution in [-0.4, -0.2) is 19.9 Å². The van der Waals surface area contributed by atoms with Crippen LogP contribution < -0.4 is 0 Å². The van der Waals surface area contributed by atoms with Gasteiger partial charge >= 0.3 is 15.2 Å². The molecule has 0 aliphatic rings. The highest BCUT2D eigenvalue weighted by Gasteiger charge is 2.47. The quantitative estimate of drug-likeness (QED) is 0.374. The minimum absolute atomic E-state index is 0.110. The number of hydrogen-bond donors (Lipinski definition) is 4. The van der Waals surface area contributed by atoms with Crippen molar-refractivity contribution in [2.24, 2.45) is 0 Å². The van der Waals surface area contributed by atoms with Gasteiger partial charge in [0.25, 0.3) is 0 Å². The van der Waals surface area contributed by atoms with E-state index in [4.69, 9.17) is 15.0 Å². The lowest BCUT2D eigenvalue weighted by molar-refractivity contribution is -0.146. The molecule has 0 aliphatic heterocycles. The van der Waals surface area contributed by atoms with Gasteiger partial charge in [-0.3, -0.25) is 9.13 Å². The van der Waals surface area contributed by atoms with Crippen LogP contribution in [-0.2, 0) is 13.8 Å². The maximum Gasteiger partial charge on any atom is 0.374 e. The van der Waals surface area contributed by atoms with Crippen LogP contribution in [0.25, 0.3) is 0 Å². The lowest BCUT2D eigenvalue weighted by atomic mass is 10.2. The van der Waals surface area contributed by atoms with Gasteiger partial charge in [-0.25, -0.2) is 5.26 Å². The molecule has 10 heteroatoms. The summed E-state index contributed by atoms with van der Waals surface area (Å²) in [6.45, 7) is 0. The first-order valence-electron chi connectivity index (χ1n) is 4.15. The molecule has 17 heavy (non-hydrogen) atoms. The molecule has 96 valence electrons. The molecule has 0 saturated carbocycles. The summed E-state index contributed by atoms with van der Waals surface area (Å²) in [5.41, 5.74) is -0.110. The molecular formula is C7H9BrO7P2. The van der Waals surface area contributed by atoms with E-state index in [0.717, 1.165) is 0 Å². The molecule has 1 rings (SSSR count). The average molecular weight is 347 g/mol. The molecule has 0 heterocycles. The third-order valence-corrected chi connectivity index (χ3v) is 6.31. The van der Waals surface area contributed by atoms with E-state index in [9.17, 15) is 14.0 Å². The van der Waals surface area contributed by atoms with Crippen LogP contribution in [0.1, 0.15) is 11.0 Å². The summed E-state index contributed by atoms with van der Waals surface area (Å²) in [7, 11) is -9.83. The van der Waals surface area contributed by atoms with Crippen molar-refractivity contribution in [3.8, 4) is 0 Å². The van der Waals surface area contributed by atoms with Gasteiger partial charge in [0.15, 0.2) is 5.40 Å². The van der Waals surface area contributed by atoms with Crippen LogP contribution in [0, 0.1) is 0 Å².